The highest BCUT2D eigenvalue weighted by Gasteiger charge is 2.13. The highest BCUT2D eigenvalue weighted by molar-refractivity contribution is 5.29. The van der Waals surface area contributed by atoms with Crippen molar-refractivity contribution in [3.8, 4) is 5.88 Å². The van der Waals surface area contributed by atoms with E-state index in [-0.39, 0.29) is 0 Å². The SMILES string of the molecule is CCOc1ccnc(NC(CC(C)C)CN(C)C)n1. The Morgan fingerprint density at radius 2 is 2.11 bits per heavy atom. The van der Waals surface area contributed by atoms with Crippen LogP contribution >= 0.6 is 0 Å². The summed E-state index contributed by atoms with van der Waals surface area (Å²) < 4.78 is 5.39. The summed E-state index contributed by atoms with van der Waals surface area (Å²) in [6, 6.07) is 2.12. The van der Waals surface area contributed by atoms with Crippen LogP contribution in [0.1, 0.15) is 27.2 Å². The molecule has 19 heavy (non-hydrogen) atoms. The summed E-state index contributed by atoms with van der Waals surface area (Å²) in [4.78, 5) is 10.8. The first-order valence-corrected chi connectivity index (χ1v) is 6.88. The fourth-order valence-electron chi connectivity index (χ4n) is 2.01. The summed E-state index contributed by atoms with van der Waals surface area (Å²) in [7, 11) is 4.15. The predicted molar refractivity (Wildman–Crippen MR) is 78.6 cm³/mol. The van der Waals surface area contributed by atoms with Crippen molar-refractivity contribution in [1.82, 2.24) is 14.9 Å². The Balaban J connectivity index is 2.68. The number of nitrogens with zero attached hydrogens (tertiary/aromatic N) is 3. The van der Waals surface area contributed by atoms with E-state index in [1.54, 1.807) is 12.3 Å². The standard InChI is InChI=1S/C14H26N4O/c1-6-19-13-7-8-15-14(17-13)16-12(9-11(2)3)10-18(4)5/h7-8,11-12H,6,9-10H2,1-5H3,(H,15,16,17). The smallest absolute Gasteiger partial charge is 0.226 e. The van der Waals surface area contributed by atoms with E-state index in [9.17, 15) is 0 Å². The van der Waals surface area contributed by atoms with Crippen LogP contribution in [0.4, 0.5) is 5.95 Å². The molecule has 1 heterocycles. The van der Waals surface area contributed by atoms with Gasteiger partial charge in [0.25, 0.3) is 0 Å². The lowest BCUT2D eigenvalue weighted by molar-refractivity contribution is 0.325. The van der Waals surface area contributed by atoms with E-state index < -0.39 is 0 Å². The molecule has 1 unspecified atom stereocenters. The van der Waals surface area contributed by atoms with Crippen LogP contribution in [0.5, 0.6) is 5.88 Å². The maximum absolute atomic E-state index is 5.39. The lowest BCUT2D eigenvalue weighted by atomic mass is 10.0. The number of ether oxygens (including phenoxy) is 1. The Labute approximate surface area is 116 Å². The Kier molecular flexibility index (Phi) is 6.56. The van der Waals surface area contributed by atoms with Gasteiger partial charge in [-0.25, -0.2) is 4.98 Å². The van der Waals surface area contributed by atoms with Gasteiger partial charge >= 0.3 is 0 Å². The molecule has 1 atom stereocenters. The Morgan fingerprint density at radius 3 is 2.68 bits per heavy atom. The summed E-state index contributed by atoms with van der Waals surface area (Å²) in [6.45, 7) is 7.97. The third-order valence-corrected chi connectivity index (χ3v) is 2.60. The number of nitrogens with one attached hydrogen (secondary N) is 1. The van der Waals surface area contributed by atoms with Gasteiger partial charge in [0.15, 0.2) is 0 Å². The van der Waals surface area contributed by atoms with Crippen LogP contribution in [0.3, 0.4) is 0 Å². The van der Waals surface area contributed by atoms with Gasteiger partial charge in [-0.15, -0.1) is 0 Å². The number of rotatable bonds is 8. The first-order chi connectivity index (χ1) is 9.01. The summed E-state index contributed by atoms with van der Waals surface area (Å²) in [6.07, 6.45) is 2.81. The van der Waals surface area contributed by atoms with Gasteiger partial charge < -0.3 is 15.0 Å². The van der Waals surface area contributed by atoms with Crippen LogP contribution in [0.15, 0.2) is 12.3 Å². The zero-order valence-electron chi connectivity index (χ0n) is 12.7. The predicted octanol–water partition coefficient (Wildman–Crippen LogP) is 2.26. The van der Waals surface area contributed by atoms with Crippen LogP contribution in [0.2, 0.25) is 0 Å². The zero-order chi connectivity index (χ0) is 14.3. The molecule has 1 aromatic heterocycles. The van der Waals surface area contributed by atoms with E-state index in [0.29, 0.717) is 30.4 Å². The lowest BCUT2D eigenvalue weighted by Crippen LogP contribution is -2.34. The van der Waals surface area contributed by atoms with Crippen molar-refractivity contribution in [2.75, 3.05) is 32.6 Å². The summed E-state index contributed by atoms with van der Waals surface area (Å²) in [5, 5.41) is 3.40. The van der Waals surface area contributed by atoms with Gasteiger partial charge in [-0.05, 0) is 33.4 Å². The molecule has 1 rings (SSSR count). The zero-order valence-corrected chi connectivity index (χ0v) is 12.7. The number of aromatic nitrogens is 2. The number of hydrogen-bond acceptors (Lipinski definition) is 5. The van der Waals surface area contributed by atoms with E-state index in [2.05, 4.69) is 48.1 Å². The van der Waals surface area contributed by atoms with Gasteiger partial charge in [-0.1, -0.05) is 13.8 Å². The van der Waals surface area contributed by atoms with E-state index in [4.69, 9.17) is 4.74 Å². The molecule has 0 bridgehead atoms. The molecule has 0 spiro atoms. The fourth-order valence-corrected chi connectivity index (χ4v) is 2.01. The molecule has 0 aromatic carbocycles. The lowest BCUT2D eigenvalue weighted by Gasteiger charge is -2.24. The van der Waals surface area contributed by atoms with Crippen LogP contribution in [0, 0.1) is 5.92 Å². The highest BCUT2D eigenvalue weighted by Crippen LogP contribution is 2.13. The summed E-state index contributed by atoms with van der Waals surface area (Å²) in [5.74, 6) is 1.89. The largest absolute Gasteiger partial charge is 0.478 e. The molecule has 108 valence electrons. The van der Waals surface area contributed by atoms with Gasteiger partial charge in [0.05, 0.1) is 6.61 Å². The van der Waals surface area contributed by atoms with E-state index in [1.165, 1.54) is 0 Å². The summed E-state index contributed by atoms with van der Waals surface area (Å²) in [5.41, 5.74) is 0. The second-order valence-electron chi connectivity index (χ2n) is 5.38. The minimum Gasteiger partial charge on any atom is -0.478 e. The Bertz CT molecular complexity index is 358. The van der Waals surface area contributed by atoms with Gasteiger partial charge in [0, 0.05) is 24.8 Å². The van der Waals surface area contributed by atoms with Crippen molar-refractivity contribution in [1.29, 1.82) is 0 Å². The Morgan fingerprint density at radius 1 is 1.37 bits per heavy atom. The van der Waals surface area contributed by atoms with Crippen LogP contribution in [-0.2, 0) is 0 Å². The average Bonchev–Trinajstić information content (AvgIpc) is 2.27. The monoisotopic (exact) mass is 266 g/mol. The molecule has 0 aliphatic heterocycles. The first kappa shape index (κ1) is 15.7. The first-order valence-electron chi connectivity index (χ1n) is 6.88. The fraction of sp³-hybridized carbons (Fsp3) is 0.714. The average molecular weight is 266 g/mol. The number of hydrogen-bond donors (Lipinski definition) is 1. The van der Waals surface area contributed by atoms with Crippen LogP contribution < -0.4 is 10.1 Å². The number of anilines is 1. The van der Waals surface area contributed by atoms with E-state index >= 15 is 0 Å². The molecule has 0 fully saturated rings. The van der Waals surface area contributed by atoms with Crippen LogP contribution in [-0.4, -0.2) is 48.2 Å². The van der Waals surface area contributed by atoms with Crippen molar-refractivity contribution in [2.45, 2.75) is 33.2 Å². The molecule has 1 aromatic rings. The van der Waals surface area contributed by atoms with Crippen molar-refractivity contribution in [2.24, 2.45) is 5.92 Å². The van der Waals surface area contributed by atoms with Crippen molar-refractivity contribution in [3.63, 3.8) is 0 Å². The molecule has 0 radical (unpaired) electrons. The quantitative estimate of drug-likeness (QED) is 0.782. The van der Waals surface area contributed by atoms with Gasteiger partial charge in [0.2, 0.25) is 11.8 Å². The maximum Gasteiger partial charge on any atom is 0.226 e. The van der Waals surface area contributed by atoms with Gasteiger partial charge in [0.1, 0.15) is 0 Å². The van der Waals surface area contributed by atoms with Gasteiger partial charge in [-0.2, -0.15) is 4.98 Å². The van der Waals surface area contributed by atoms with Crippen molar-refractivity contribution in [3.05, 3.63) is 12.3 Å². The molecule has 5 nitrogen and oxygen atoms in total. The molecule has 0 saturated carbocycles. The molecule has 0 aliphatic rings. The van der Waals surface area contributed by atoms with Gasteiger partial charge in [-0.3, -0.25) is 0 Å². The highest BCUT2D eigenvalue weighted by atomic mass is 16.5. The van der Waals surface area contributed by atoms with Crippen molar-refractivity contribution < 1.29 is 4.74 Å². The second-order valence-corrected chi connectivity index (χ2v) is 5.38. The number of likely N-dealkylation sites (N-methyl/N-ethyl adjacent to an activating group) is 1. The van der Waals surface area contributed by atoms with E-state index in [0.717, 1.165) is 13.0 Å². The maximum atomic E-state index is 5.39. The summed E-state index contributed by atoms with van der Waals surface area (Å²) >= 11 is 0. The minimum atomic E-state index is 0.340. The molecular weight excluding hydrogens is 240 g/mol. The molecule has 5 heteroatoms. The Hall–Kier alpha value is -1.36. The molecule has 0 amide bonds. The topological polar surface area (TPSA) is 50.3 Å². The van der Waals surface area contributed by atoms with Crippen LogP contribution in [0.25, 0.3) is 0 Å². The molecular formula is C14H26N4O. The molecule has 1 N–H and O–H groups in total. The third kappa shape index (κ3) is 6.38. The minimum absolute atomic E-state index is 0.340. The van der Waals surface area contributed by atoms with E-state index in [1.807, 2.05) is 6.92 Å². The van der Waals surface area contributed by atoms with Crippen molar-refractivity contribution >= 4 is 5.95 Å². The molecule has 0 saturated heterocycles. The molecule has 0 aliphatic carbocycles. The normalized spacial score (nSPS) is 12.8. The second kappa shape index (κ2) is 7.94. The third-order valence-electron chi connectivity index (χ3n) is 2.60.